The number of carbonyl (C=O) groups is 1. The lowest BCUT2D eigenvalue weighted by molar-refractivity contribution is 0.102. The molecule has 0 aromatic heterocycles. The van der Waals surface area contributed by atoms with Gasteiger partial charge in [0, 0.05) is 15.7 Å². The van der Waals surface area contributed by atoms with Crippen molar-refractivity contribution in [2.24, 2.45) is 5.92 Å². The molecular weight excluding hydrogens is 422 g/mol. The van der Waals surface area contributed by atoms with E-state index in [2.05, 4.69) is 51.0 Å². The van der Waals surface area contributed by atoms with Crippen molar-refractivity contribution in [3.05, 3.63) is 57.0 Å². The fourth-order valence-corrected chi connectivity index (χ4v) is 2.83. The van der Waals surface area contributed by atoms with Crippen LogP contribution in [-0.2, 0) is 0 Å². The Labute approximate surface area is 153 Å². The first-order valence-corrected chi connectivity index (χ1v) is 9.03. The molecule has 23 heavy (non-hydrogen) atoms. The second-order valence-corrected chi connectivity index (χ2v) is 7.41. The molecule has 0 atom stereocenters. The van der Waals surface area contributed by atoms with E-state index in [1.54, 1.807) is 12.1 Å². The van der Waals surface area contributed by atoms with Crippen molar-refractivity contribution in [2.45, 2.75) is 20.3 Å². The Balaban J connectivity index is 2.02. The number of carbonyl (C=O) groups excluding carboxylic acids is 1. The molecule has 0 aliphatic heterocycles. The molecule has 1 amide bonds. The highest BCUT2D eigenvalue weighted by molar-refractivity contribution is 9.10. The Morgan fingerprint density at radius 2 is 1.96 bits per heavy atom. The third-order valence-electron chi connectivity index (χ3n) is 3.23. The average molecular weight is 441 g/mol. The number of hydrogen-bond acceptors (Lipinski definition) is 2. The summed E-state index contributed by atoms with van der Waals surface area (Å²) in [6.45, 7) is 4.99. The highest BCUT2D eigenvalue weighted by Gasteiger charge is 2.10. The van der Waals surface area contributed by atoms with E-state index < -0.39 is 0 Å². The number of anilines is 1. The van der Waals surface area contributed by atoms with Crippen LogP contribution in [0.25, 0.3) is 0 Å². The second kappa shape index (κ2) is 8.50. The summed E-state index contributed by atoms with van der Waals surface area (Å²) in [6.07, 6.45) is 0.998. The van der Waals surface area contributed by atoms with Crippen LogP contribution in [0, 0.1) is 5.92 Å². The van der Waals surface area contributed by atoms with Gasteiger partial charge >= 0.3 is 0 Å². The average Bonchev–Trinajstić information content (AvgIpc) is 2.48. The molecule has 0 fully saturated rings. The molecular formula is C18H19Br2NO2. The molecule has 2 aromatic carbocycles. The van der Waals surface area contributed by atoms with E-state index in [9.17, 15) is 4.79 Å². The first-order chi connectivity index (χ1) is 11.0. The maximum atomic E-state index is 12.3. The van der Waals surface area contributed by atoms with Gasteiger partial charge in [0.05, 0.1) is 11.1 Å². The molecule has 3 nitrogen and oxygen atoms in total. The molecule has 0 saturated carbocycles. The van der Waals surface area contributed by atoms with Crippen LogP contribution in [-0.4, -0.2) is 12.5 Å². The Kier molecular flexibility index (Phi) is 6.66. The molecule has 0 unspecified atom stereocenters. The first-order valence-electron chi connectivity index (χ1n) is 7.45. The maximum absolute atomic E-state index is 12.3. The van der Waals surface area contributed by atoms with Crippen molar-refractivity contribution >= 4 is 43.5 Å². The van der Waals surface area contributed by atoms with Crippen LogP contribution in [0.3, 0.4) is 0 Å². The van der Waals surface area contributed by atoms with Gasteiger partial charge in [0.2, 0.25) is 0 Å². The molecule has 0 aliphatic carbocycles. The molecule has 0 bridgehead atoms. The predicted molar refractivity (Wildman–Crippen MR) is 101 cm³/mol. The van der Waals surface area contributed by atoms with E-state index in [0.29, 0.717) is 18.1 Å². The fourth-order valence-electron chi connectivity index (χ4n) is 1.93. The van der Waals surface area contributed by atoms with Crippen LogP contribution in [0.2, 0.25) is 0 Å². The van der Waals surface area contributed by atoms with Gasteiger partial charge in [-0.3, -0.25) is 4.79 Å². The highest BCUT2D eigenvalue weighted by atomic mass is 79.9. The van der Waals surface area contributed by atoms with Gasteiger partial charge in [0.15, 0.2) is 0 Å². The van der Waals surface area contributed by atoms with E-state index in [0.717, 1.165) is 26.8 Å². The maximum Gasteiger partial charge on any atom is 0.255 e. The standard InChI is InChI=1S/C18H19Br2NO2/c1-12(2)8-9-23-17-7-6-13(10-16(17)20)18(22)21-15-5-3-4-14(19)11-15/h3-7,10-12H,8-9H2,1-2H3,(H,21,22). The summed E-state index contributed by atoms with van der Waals surface area (Å²) in [4.78, 5) is 12.3. The molecule has 0 aliphatic rings. The predicted octanol–water partition coefficient (Wildman–Crippen LogP) is 5.89. The van der Waals surface area contributed by atoms with Crippen LogP contribution in [0.1, 0.15) is 30.6 Å². The quantitative estimate of drug-likeness (QED) is 0.608. The SMILES string of the molecule is CC(C)CCOc1ccc(C(=O)Nc2cccc(Br)c2)cc1Br. The van der Waals surface area contributed by atoms with Gasteiger partial charge in [0.25, 0.3) is 5.91 Å². The normalized spacial score (nSPS) is 10.7. The minimum atomic E-state index is -0.155. The molecule has 0 saturated heterocycles. The number of ether oxygens (including phenoxy) is 1. The van der Waals surface area contributed by atoms with Gasteiger partial charge in [-0.1, -0.05) is 35.8 Å². The van der Waals surface area contributed by atoms with Crippen molar-refractivity contribution in [1.29, 1.82) is 0 Å². The number of halogens is 2. The first kappa shape index (κ1) is 18.0. The molecule has 0 spiro atoms. The van der Waals surface area contributed by atoms with Gasteiger partial charge in [-0.2, -0.15) is 0 Å². The molecule has 1 N–H and O–H groups in total. The van der Waals surface area contributed by atoms with Crippen LogP contribution in [0.15, 0.2) is 51.4 Å². The lowest BCUT2D eigenvalue weighted by Crippen LogP contribution is -2.12. The molecule has 0 radical (unpaired) electrons. The molecule has 5 heteroatoms. The van der Waals surface area contributed by atoms with Crippen molar-refractivity contribution in [1.82, 2.24) is 0 Å². The summed E-state index contributed by atoms with van der Waals surface area (Å²) in [6, 6.07) is 12.9. The van der Waals surface area contributed by atoms with E-state index >= 15 is 0 Å². The third kappa shape index (κ3) is 5.66. The van der Waals surface area contributed by atoms with E-state index in [4.69, 9.17) is 4.74 Å². The van der Waals surface area contributed by atoms with Gasteiger partial charge in [0.1, 0.15) is 5.75 Å². The Morgan fingerprint density at radius 3 is 2.61 bits per heavy atom. The summed E-state index contributed by atoms with van der Waals surface area (Å²) in [5, 5.41) is 2.87. The van der Waals surface area contributed by atoms with E-state index in [1.807, 2.05) is 30.3 Å². The fraction of sp³-hybridized carbons (Fsp3) is 0.278. The summed E-state index contributed by atoms with van der Waals surface area (Å²) in [5.41, 5.74) is 1.32. The Bertz CT molecular complexity index is 686. The number of hydrogen-bond donors (Lipinski definition) is 1. The van der Waals surface area contributed by atoms with Gasteiger partial charge in [-0.15, -0.1) is 0 Å². The van der Waals surface area contributed by atoms with Crippen LogP contribution in [0.4, 0.5) is 5.69 Å². The zero-order chi connectivity index (χ0) is 16.8. The van der Waals surface area contributed by atoms with Gasteiger partial charge in [-0.25, -0.2) is 0 Å². The van der Waals surface area contributed by atoms with E-state index in [1.165, 1.54) is 0 Å². The minimum absolute atomic E-state index is 0.155. The molecule has 2 rings (SSSR count). The second-order valence-electron chi connectivity index (χ2n) is 5.64. The van der Waals surface area contributed by atoms with Crippen molar-refractivity contribution in [3.63, 3.8) is 0 Å². The smallest absolute Gasteiger partial charge is 0.255 e. The van der Waals surface area contributed by atoms with Crippen molar-refractivity contribution < 1.29 is 9.53 Å². The minimum Gasteiger partial charge on any atom is -0.492 e. The number of nitrogens with one attached hydrogen (secondary N) is 1. The number of benzene rings is 2. The highest BCUT2D eigenvalue weighted by Crippen LogP contribution is 2.27. The molecule has 0 heterocycles. The Hall–Kier alpha value is -1.33. The van der Waals surface area contributed by atoms with Crippen LogP contribution < -0.4 is 10.1 Å². The monoisotopic (exact) mass is 439 g/mol. The lowest BCUT2D eigenvalue weighted by Gasteiger charge is -2.11. The van der Waals surface area contributed by atoms with Gasteiger partial charge in [-0.05, 0) is 64.7 Å². The summed E-state index contributed by atoms with van der Waals surface area (Å²) in [5.74, 6) is 1.20. The summed E-state index contributed by atoms with van der Waals surface area (Å²) < 4.78 is 7.43. The van der Waals surface area contributed by atoms with Crippen LogP contribution >= 0.6 is 31.9 Å². The number of rotatable bonds is 6. The number of amides is 1. The summed E-state index contributed by atoms with van der Waals surface area (Å²) >= 11 is 6.86. The van der Waals surface area contributed by atoms with Gasteiger partial charge < -0.3 is 10.1 Å². The largest absolute Gasteiger partial charge is 0.492 e. The summed E-state index contributed by atoms with van der Waals surface area (Å²) in [7, 11) is 0. The molecule has 2 aromatic rings. The lowest BCUT2D eigenvalue weighted by atomic mass is 10.1. The Morgan fingerprint density at radius 1 is 1.17 bits per heavy atom. The van der Waals surface area contributed by atoms with Crippen molar-refractivity contribution in [2.75, 3.05) is 11.9 Å². The van der Waals surface area contributed by atoms with E-state index in [-0.39, 0.29) is 5.91 Å². The van der Waals surface area contributed by atoms with Crippen molar-refractivity contribution in [3.8, 4) is 5.75 Å². The third-order valence-corrected chi connectivity index (χ3v) is 4.34. The zero-order valence-corrected chi connectivity index (χ0v) is 16.3. The topological polar surface area (TPSA) is 38.3 Å². The molecule has 122 valence electrons. The zero-order valence-electron chi connectivity index (χ0n) is 13.1. The van der Waals surface area contributed by atoms with Crippen LogP contribution in [0.5, 0.6) is 5.75 Å².